The predicted octanol–water partition coefficient (Wildman–Crippen LogP) is 3.40. The average Bonchev–Trinajstić information content (AvgIpc) is 2.65. The molecule has 0 saturated heterocycles. The fourth-order valence-corrected chi connectivity index (χ4v) is 2.45. The minimum atomic E-state index is 1.12. The van der Waals surface area contributed by atoms with Gasteiger partial charge in [0.2, 0.25) is 0 Å². The maximum atomic E-state index is 4.35. The van der Waals surface area contributed by atoms with Crippen LogP contribution in [0.25, 0.3) is 21.3 Å². The summed E-state index contributed by atoms with van der Waals surface area (Å²) in [5.74, 6) is 0. The first-order valence-corrected chi connectivity index (χ1v) is 5.04. The summed E-state index contributed by atoms with van der Waals surface area (Å²) >= 11 is 1.77. The Bertz CT molecular complexity index is 527. The first kappa shape index (κ1) is 7.04. The lowest BCUT2D eigenvalue weighted by Gasteiger charge is -2.01. The van der Waals surface area contributed by atoms with Crippen molar-refractivity contribution in [3.8, 4) is 11.3 Å². The molecule has 0 aromatic heterocycles. The lowest BCUT2D eigenvalue weighted by Crippen LogP contribution is -1.77. The zero-order valence-electron chi connectivity index (χ0n) is 6.90. The molecule has 1 aromatic rings. The molecule has 0 saturated carbocycles. The average molecular weight is 185 g/mol. The van der Waals surface area contributed by atoms with E-state index in [1.165, 1.54) is 15.6 Å². The third-order valence-corrected chi connectivity index (χ3v) is 3.17. The van der Waals surface area contributed by atoms with Gasteiger partial charge in [-0.2, -0.15) is 0 Å². The third kappa shape index (κ3) is 0.956. The summed E-state index contributed by atoms with van der Waals surface area (Å²) in [6.07, 6.45) is 1.86. The number of nitrogens with zero attached hydrogens (tertiary/aromatic N) is 1. The topological polar surface area (TPSA) is 12.9 Å². The van der Waals surface area contributed by atoms with Crippen LogP contribution in [0, 0.1) is 0 Å². The Hall–Kier alpha value is -1.41. The summed E-state index contributed by atoms with van der Waals surface area (Å²) in [6, 6.07) is 10.4. The Morgan fingerprint density at radius 2 is 2.00 bits per heavy atom. The molecule has 0 unspecified atom stereocenters. The van der Waals surface area contributed by atoms with E-state index in [2.05, 4.69) is 40.7 Å². The molecule has 3 rings (SSSR count). The van der Waals surface area contributed by atoms with Crippen LogP contribution in [0.15, 0.2) is 41.9 Å². The zero-order chi connectivity index (χ0) is 8.67. The molecule has 2 aliphatic heterocycles. The second kappa shape index (κ2) is 2.54. The van der Waals surface area contributed by atoms with Crippen molar-refractivity contribution in [2.75, 3.05) is 0 Å². The monoisotopic (exact) mass is 185 g/mol. The molecule has 2 aliphatic rings. The lowest BCUT2D eigenvalue weighted by atomic mass is 10.1. The van der Waals surface area contributed by atoms with E-state index in [4.69, 9.17) is 0 Å². The standard InChI is InChI=1S/C11H7NS/c1-2-4-10-9(3-1)11-8(7-13-10)5-6-12-11/h1-7H. The van der Waals surface area contributed by atoms with Crippen molar-refractivity contribution in [3.63, 3.8) is 0 Å². The molecule has 1 nitrogen and oxygen atoms in total. The fraction of sp³-hybridized carbons (Fsp3) is 0. The number of hydrogen-bond donors (Lipinski definition) is 0. The van der Waals surface area contributed by atoms with Crippen LogP contribution in [-0.4, -0.2) is 4.98 Å². The molecule has 0 atom stereocenters. The van der Waals surface area contributed by atoms with E-state index in [0.717, 1.165) is 5.69 Å². The molecule has 2 heterocycles. The second-order valence-electron chi connectivity index (χ2n) is 2.98. The van der Waals surface area contributed by atoms with E-state index >= 15 is 0 Å². The Morgan fingerprint density at radius 3 is 3.00 bits per heavy atom. The maximum absolute atomic E-state index is 4.35. The quantitative estimate of drug-likeness (QED) is 0.523. The van der Waals surface area contributed by atoms with E-state index in [-0.39, 0.29) is 0 Å². The highest BCUT2D eigenvalue weighted by Crippen LogP contribution is 2.31. The molecule has 1 aromatic carbocycles. The van der Waals surface area contributed by atoms with Gasteiger partial charge in [-0.05, 0) is 12.1 Å². The molecule has 0 aliphatic carbocycles. The van der Waals surface area contributed by atoms with E-state index in [1.54, 1.807) is 11.3 Å². The van der Waals surface area contributed by atoms with Gasteiger partial charge in [-0.25, -0.2) is 0 Å². The molecule has 0 amide bonds. The van der Waals surface area contributed by atoms with Crippen molar-refractivity contribution in [1.82, 2.24) is 4.98 Å². The van der Waals surface area contributed by atoms with Gasteiger partial charge >= 0.3 is 0 Å². The van der Waals surface area contributed by atoms with Crippen LogP contribution < -0.4 is 0 Å². The number of aromatic nitrogens is 1. The van der Waals surface area contributed by atoms with Crippen molar-refractivity contribution in [3.05, 3.63) is 41.9 Å². The largest absolute Gasteiger partial charge is 0.256 e. The fourth-order valence-electron chi connectivity index (χ4n) is 1.56. The second-order valence-corrected chi connectivity index (χ2v) is 3.89. The first-order valence-electron chi connectivity index (χ1n) is 4.16. The van der Waals surface area contributed by atoms with Gasteiger partial charge in [-0.15, -0.1) is 11.3 Å². The van der Waals surface area contributed by atoms with Crippen molar-refractivity contribution < 1.29 is 0 Å². The molecule has 62 valence electrons. The van der Waals surface area contributed by atoms with Gasteiger partial charge in [0, 0.05) is 27.2 Å². The van der Waals surface area contributed by atoms with Crippen molar-refractivity contribution in [1.29, 1.82) is 0 Å². The van der Waals surface area contributed by atoms with Crippen molar-refractivity contribution in [2.24, 2.45) is 0 Å². The van der Waals surface area contributed by atoms with Crippen molar-refractivity contribution in [2.45, 2.75) is 0 Å². The van der Waals surface area contributed by atoms with Gasteiger partial charge in [0.05, 0.1) is 5.69 Å². The number of rotatable bonds is 0. The highest BCUT2D eigenvalue weighted by atomic mass is 32.1. The summed E-state index contributed by atoms with van der Waals surface area (Å²) in [4.78, 5) is 4.35. The Morgan fingerprint density at radius 1 is 1.08 bits per heavy atom. The molecule has 0 bridgehead atoms. The summed E-state index contributed by atoms with van der Waals surface area (Å²) in [6.45, 7) is 0. The number of hydrogen-bond acceptors (Lipinski definition) is 2. The van der Waals surface area contributed by atoms with Gasteiger partial charge < -0.3 is 0 Å². The Balaban J connectivity index is 2.57. The van der Waals surface area contributed by atoms with Crippen LogP contribution in [0.2, 0.25) is 0 Å². The van der Waals surface area contributed by atoms with Crippen LogP contribution in [0.4, 0.5) is 0 Å². The summed E-state index contributed by atoms with van der Waals surface area (Å²) in [7, 11) is 0. The van der Waals surface area contributed by atoms with E-state index in [1.807, 2.05) is 6.20 Å². The van der Waals surface area contributed by atoms with Crippen LogP contribution >= 0.6 is 11.3 Å². The van der Waals surface area contributed by atoms with Gasteiger partial charge in [0.25, 0.3) is 0 Å². The van der Waals surface area contributed by atoms with E-state index < -0.39 is 0 Å². The summed E-state index contributed by atoms with van der Waals surface area (Å²) in [5, 5.41) is 3.42. The van der Waals surface area contributed by atoms with E-state index in [9.17, 15) is 0 Å². The molecular weight excluding hydrogens is 178 g/mol. The van der Waals surface area contributed by atoms with E-state index in [0.29, 0.717) is 0 Å². The van der Waals surface area contributed by atoms with Crippen LogP contribution in [0.1, 0.15) is 0 Å². The normalized spacial score (nSPS) is 11.1. The smallest absolute Gasteiger partial charge is 0.0797 e. The van der Waals surface area contributed by atoms with Crippen LogP contribution in [-0.2, 0) is 0 Å². The molecule has 2 heteroatoms. The minimum absolute atomic E-state index is 1.12. The first-order chi connectivity index (χ1) is 6.45. The minimum Gasteiger partial charge on any atom is -0.256 e. The van der Waals surface area contributed by atoms with Crippen molar-refractivity contribution >= 4 is 21.4 Å². The Labute approximate surface area is 80.0 Å². The van der Waals surface area contributed by atoms with Crippen LogP contribution in [0.5, 0.6) is 0 Å². The Kier molecular flexibility index (Phi) is 1.37. The van der Waals surface area contributed by atoms with Gasteiger partial charge in [0.1, 0.15) is 0 Å². The molecule has 0 radical (unpaired) electrons. The van der Waals surface area contributed by atoms with Gasteiger partial charge in [0.15, 0.2) is 0 Å². The lowest BCUT2D eigenvalue weighted by molar-refractivity contribution is 1.43. The third-order valence-electron chi connectivity index (χ3n) is 2.19. The zero-order valence-corrected chi connectivity index (χ0v) is 7.71. The molecule has 13 heavy (non-hydrogen) atoms. The SMILES string of the molecule is c1ccc2c3nccc-3csc2c1. The molecular formula is C11H7NS. The highest BCUT2D eigenvalue weighted by molar-refractivity contribution is 7.17. The summed E-state index contributed by atoms with van der Waals surface area (Å²) < 4.78 is 1.30. The predicted molar refractivity (Wildman–Crippen MR) is 56.2 cm³/mol. The molecule has 0 N–H and O–H groups in total. The summed E-state index contributed by atoms with van der Waals surface area (Å²) in [5.41, 5.74) is 2.36. The number of benzene rings is 1. The maximum Gasteiger partial charge on any atom is 0.0797 e. The number of fused-ring (bicyclic) bond motifs is 3. The highest BCUT2D eigenvalue weighted by Gasteiger charge is 2.07. The van der Waals surface area contributed by atoms with Crippen LogP contribution in [0.3, 0.4) is 0 Å². The molecule has 0 spiro atoms. The van der Waals surface area contributed by atoms with Gasteiger partial charge in [-0.3, -0.25) is 4.98 Å². The van der Waals surface area contributed by atoms with Gasteiger partial charge in [-0.1, -0.05) is 18.2 Å². The molecule has 0 fully saturated rings.